The minimum Gasteiger partial charge on any atom is -0.494 e. The van der Waals surface area contributed by atoms with Crippen molar-refractivity contribution in [2.75, 3.05) is 44.4 Å². The monoisotopic (exact) mass is 369 g/mol. The molecule has 1 fully saturated rings. The van der Waals surface area contributed by atoms with Crippen molar-refractivity contribution in [1.82, 2.24) is 10.2 Å². The van der Waals surface area contributed by atoms with E-state index in [1.165, 1.54) is 11.3 Å². The van der Waals surface area contributed by atoms with Crippen molar-refractivity contribution in [3.63, 3.8) is 0 Å². The van der Waals surface area contributed by atoms with Crippen LogP contribution in [-0.2, 0) is 0 Å². The molecular weight excluding hydrogens is 342 g/mol. The van der Waals surface area contributed by atoms with E-state index in [0.29, 0.717) is 25.4 Å². The smallest absolute Gasteiger partial charge is 0.320 e. The summed E-state index contributed by atoms with van der Waals surface area (Å²) in [5.74, 6) is 1.50. The van der Waals surface area contributed by atoms with Crippen molar-refractivity contribution in [2.45, 2.75) is 13.8 Å². The Bertz CT molecular complexity index is 741. The predicted octanol–water partition coefficient (Wildman–Crippen LogP) is 3.26. The fraction of sp³-hybridized carbons (Fsp3) is 0.381. The number of carbonyl (C=O) groups excluding carboxylic acids is 1. The van der Waals surface area contributed by atoms with Gasteiger partial charge in [0.1, 0.15) is 11.5 Å². The minimum atomic E-state index is -0.0928. The molecule has 1 N–H and O–H groups in total. The van der Waals surface area contributed by atoms with Gasteiger partial charge in [0.2, 0.25) is 0 Å². The molecule has 1 aliphatic rings. The van der Waals surface area contributed by atoms with Gasteiger partial charge < -0.3 is 24.6 Å². The zero-order chi connectivity index (χ0) is 19.1. The number of hydrogen-bond donors (Lipinski definition) is 1. The molecule has 1 aliphatic heterocycles. The van der Waals surface area contributed by atoms with Gasteiger partial charge >= 0.3 is 6.03 Å². The minimum absolute atomic E-state index is 0.0928. The van der Waals surface area contributed by atoms with Gasteiger partial charge in [-0.3, -0.25) is 0 Å². The largest absolute Gasteiger partial charge is 0.494 e. The van der Waals surface area contributed by atoms with Crippen LogP contribution in [0.5, 0.6) is 11.5 Å². The zero-order valence-corrected chi connectivity index (χ0v) is 16.0. The number of urea groups is 1. The van der Waals surface area contributed by atoms with Gasteiger partial charge in [0.05, 0.1) is 6.61 Å². The normalized spacial score (nSPS) is 14.0. The average molecular weight is 369 g/mol. The average Bonchev–Trinajstić information content (AvgIpc) is 2.69. The van der Waals surface area contributed by atoms with Crippen LogP contribution in [0.3, 0.4) is 0 Å². The Morgan fingerprint density at radius 3 is 2.30 bits per heavy atom. The summed E-state index contributed by atoms with van der Waals surface area (Å²) in [4.78, 5) is 16.5. The number of nitrogens with zero attached hydrogens (tertiary/aromatic N) is 2. The van der Waals surface area contributed by atoms with E-state index in [1.54, 1.807) is 0 Å². The molecule has 2 aromatic carbocycles. The van der Waals surface area contributed by atoms with Gasteiger partial charge in [-0.05, 0) is 55.8 Å². The number of benzene rings is 2. The van der Waals surface area contributed by atoms with E-state index < -0.39 is 0 Å². The highest BCUT2D eigenvalue weighted by atomic mass is 16.5. The van der Waals surface area contributed by atoms with Crippen LogP contribution in [0.4, 0.5) is 10.5 Å². The lowest BCUT2D eigenvalue weighted by Crippen LogP contribution is -2.52. The van der Waals surface area contributed by atoms with Gasteiger partial charge in [-0.15, -0.1) is 0 Å². The van der Waals surface area contributed by atoms with Crippen LogP contribution in [0.15, 0.2) is 48.5 Å². The highest BCUT2D eigenvalue weighted by Crippen LogP contribution is 2.18. The number of piperazine rings is 1. The van der Waals surface area contributed by atoms with Crippen molar-refractivity contribution in [2.24, 2.45) is 0 Å². The summed E-state index contributed by atoms with van der Waals surface area (Å²) in [6.07, 6.45) is 0. The second kappa shape index (κ2) is 9.16. The molecule has 0 unspecified atom stereocenters. The Balaban J connectivity index is 1.40. The molecule has 27 heavy (non-hydrogen) atoms. The SMILES string of the molecule is CCOc1ccc(OCNC(=O)N2CCN(c3cccc(C)c3)CC2)cc1. The number of amides is 2. The first kappa shape index (κ1) is 18.9. The molecule has 6 nitrogen and oxygen atoms in total. The zero-order valence-electron chi connectivity index (χ0n) is 16.0. The molecule has 1 heterocycles. The van der Waals surface area contributed by atoms with Crippen molar-refractivity contribution in [3.05, 3.63) is 54.1 Å². The summed E-state index contributed by atoms with van der Waals surface area (Å²) >= 11 is 0. The molecule has 2 amide bonds. The number of ether oxygens (including phenoxy) is 2. The molecular formula is C21H27N3O3. The summed E-state index contributed by atoms with van der Waals surface area (Å²) in [6, 6.07) is 15.7. The molecule has 0 radical (unpaired) electrons. The molecule has 0 saturated carbocycles. The summed E-state index contributed by atoms with van der Waals surface area (Å²) < 4.78 is 11.0. The van der Waals surface area contributed by atoms with Gasteiger partial charge in [-0.1, -0.05) is 12.1 Å². The maximum atomic E-state index is 12.3. The van der Waals surface area contributed by atoms with E-state index in [4.69, 9.17) is 9.47 Å². The molecule has 0 atom stereocenters. The molecule has 0 aromatic heterocycles. The summed E-state index contributed by atoms with van der Waals surface area (Å²) in [7, 11) is 0. The van der Waals surface area contributed by atoms with Crippen LogP contribution < -0.4 is 19.7 Å². The van der Waals surface area contributed by atoms with Crippen LogP contribution in [0.2, 0.25) is 0 Å². The Hall–Kier alpha value is -2.89. The number of hydrogen-bond acceptors (Lipinski definition) is 4. The Labute approximate surface area is 160 Å². The number of rotatable bonds is 6. The van der Waals surface area contributed by atoms with Crippen molar-refractivity contribution >= 4 is 11.7 Å². The summed E-state index contributed by atoms with van der Waals surface area (Å²) in [5.41, 5.74) is 2.47. The van der Waals surface area contributed by atoms with Crippen molar-refractivity contribution in [1.29, 1.82) is 0 Å². The maximum Gasteiger partial charge on any atom is 0.320 e. The first-order valence-electron chi connectivity index (χ1n) is 9.36. The van der Waals surface area contributed by atoms with Crippen LogP contribution in [-0.4, -0.2) is 50.4 Å². The fourth-order valence-corrected chi connectivity index (χ4v) is 3.08. The quantitative estimate of drug-likeness (QED) is 0.794. The second-order valence-corrected chi connectivity index (χ2v) is 6.49. The van der Waals surface area contributed by atoms with E-state index in [2.05, 4.69) is 41.4 Å². The third-order valence-corrected chi connectivity index (χ3v) is 4.53. The topological polar surface area (TPSA) is 54.0 Å². The predicted molar refractivity (Wildman–Crippen MR) is 107 cm³/mol. The lowest BCUT2D eigenvalue weighted by atomic mass is 10.2. The Kier molecular flexibility index (Phi) is 6.41. The van der Waals surface area contributed by atoms with Gasteiger partial charge in [0.25, 0.3) is 0 Å². The number of anilines is 1. The van der Waals surface area contributed by atoms with Crippen LogP contribution in [0.25, 0.3) is 0 Å². The maximum absolute atomic E-state index is 12.3. The number of aryl methyl sites for hydroxylation is 1. The lowest BCUT2D eigenvalue weighted by Gasteiger charge is -2.36. The van der Waals surface area contributed by atoms with Gasteiger partial charge in [-0.2, -0.15) is 0 Å². The molecule has 0 bridgehead atoms. The highest BCUT2D eigenvalue weighted by molar-refractivity contribution is 5.74. The first-order valence-corrected chi connectivity index (χ1v) is 9.36. The lowest BCUT2D eigenvalue weighted by molar-refractivity contribution is 0.181. The van der Waals surface area contributed by atoms with E-state index in [1.807, 2.05) is 36.1 Å². The van der Waals surface area contributed by atoms with Gasteiger partial charge in [-0.25, -0.2) is 4.79 Å². The number of nitrogens with one attached hydrogen (secondary N) is 1. The molecule has 6 heteroatoms. The summed E-state index contributed by atoms with van der Waals surface area (Å²) in [6.45, 7) is 7.87. The van der Waals surface area contributed by atoms with Crippen LogP contribution >= 0.6 is 0 Å². The Morgan fingerprint density at radius 1 is 1.00 bits per heavy atom. The van der Waals surface area contributed by atoms with E-state index >= 15 is 0 Å². The molecule has 3 rings (SSSR count). The molecule has 0 spiro atoms. The number of carbonyl (C=O) groups is 1. The standard InChI is InChI=1S/C21H27N3O3/c1-3-26-19-7-9-20(10-8-19)27-16-22-21(25)24-13-11-23(12-14-24)18-6-4-5-17(2)15-18/h4-10,15H,3,11-14,16H2,1-2H3,(H,22,25). The van der Waals surface area contributed by atoms with Crippen LogP contribution in [0, 0.1) is 6.92 Å². The van der Waals surface area contributed by atoms with Crippen molar-refractivity contribution in [3.8, 4) is 11.5 Å². The van der Waals surface area contributed by atoms with Gasteiger partial charge in [0, 0.05) is 31.9 Å². The van der Waals surface area contributed by atoms with E-state index in [9.17, 15) is 4.79 Å². The third-order valence-electron chi connectivity index (χ3n) is 4.53. The molecule has 1 saturated heterocycles. The Morgan fingerprint density at radius 2 is 1.67 bits per heavy atom. The fourth-order valence-electron chi connectivity index (χ4n) is 3.08. The first-order chi connectivity index (χ1) is 13.2. The molecule has 2 aromatic rings. The summed E-state index contributed by atoms with van der Waals surface area (Å²) in [5, 5.41) is 2.82. The molecule has 0 aliphatic carbocycles. The molecule has 144 valence electrons. The van der Waals surface area contributed by atoms with E-state index in [0.717, 1.165) is 18.8 Å². The second-order valence-electron chi connectivity index (χ2n) is 6.49. The third kappa shape index (κ3) is 5.29. The van der Waals surface area contributed by atoms with Crippen molar-refractivity contribution < 1.29 is 14.3 Å². The van der Waals surface area contributed by atoms with Gasteiger partial charge in [0.15, 0.2) is 6.73 Å². The van der Waals surface area contributed by atoms with E-state index in [-0.39, 0.29) is 12.8 Å². The highest BCUT2D eigenvalue weighted by Gasteiger charge is 2.21. The van der Waals surface area contributed by atoms with Crippen LogP contribution in [0.1, 0.15) is 12.5 Å².